The number of nitrogens with zero attached hydrogens (tertiary/aromatic N) is 5. The number of fused-ring (bicyclic) bond motifs is 8. The van der Waals surface area contributed by atoms with Crippen LogP contribution in [0.25, 0.3) is 10.9 Å². The molecule has 7 rings (SSSR count). The molecular weight excluding hydrogens is 557 g/mol. The molecule has 8 bridgehead atoms. The highest BCUT2D eigenvalue weighted by Gasteiger charge is 2.47. The van der Waals surface area contributed by atoms with Gasteiger partial charge in [0.05, 0.1) is 23.1 Å². The Morgan fingerprint density at radius 2 is 1.72 bits per heavy atom. The first-order valence-electron chi connectivity index (χ1n) is 15.3. The molecule has 1 saturated heterocycles. The molecule has 1 N–H and O–H groups in total. The predicted molar refractivity (Wildman–Crippen MR) is 158 cm³/mol. The number of hydrogen-bond acceptors (Lipinski definition) is 6. The van der Waals surface area contributed by atoms with Crippen LogP contribution in [0, 0.1) is 23.1 Å². The van der Waals surface area contributed by atoms with Crippen molar-refractivity contribution in [3.8, 4) is 6.07 Å². The summed E-state index contributed by atoms with van der Waals surface area (Å²) in [6.07, 6.45) is 5.10. The molecule has 8 nitrogen and oxygen atoms in total. The minimum atomic E-state index is -3.32. The zero-order valence-corrected chi connectivity index (χ0v) is 24.6. The number of aromatic nitrogens is 3. The van der Waals surface area contributed by atoms with E-state index < -0.39 is 40.7 Å². The topological polar surface area (TPSA) is 96.0 Å². The molecule has 4 aliphatic rings. The molecule has 3 aromatic rings. The number of anilines is 1. The second-order valence-electron chi connectivity index (χ2n) is 12.6. The second-order valence-corrected chi connectivity index (χ2v) is 12.6. The summed E-state index contributed by atoms with van der Waals surface area (Å²) in [5.74, 6) is -4.27. The van der Waals surface area contributed by atoms with Crippen LogP contribution in [0.1, 0.15) is 81.0 Å². The summed E-state index contributed by atoms with van der Waals surface area (Å²) < 4.78 is 49.3. The molecule has 3 aliphatic heterocycles. The van der Waals surface area contributed by atoms with Crippen LogP contribution in [-0.2, 0) is 24.9 Å². The van der Waals surface area contributed by atoms with E-state index in [1.807, 2.05) is 0 Å². The summed E-state index contributed by atoms with van der Waals surface area (Å²) in [6.45, 7) is 3.97. The lowest BCUT2D eigenvalue weighted by Gasteiger charge is -2.41. The van der Waals surface area contributed by atoms with Crippen LogP contribution >= 0.6 is 0 Å². The first kappa shape index (κ1) is 29.4. The van der Waals surface area contributed by atoms with Crippen LogP contribution in [0.2, 0.25) is 0 Å². The van der Waals surface area contributed by atoms with Gasteiger partial charge in [0.2, 0.25) is 0 Å². The molecule has 228 valence electrons. The van der Waals surface area contributed by atoms with Crippen molar-refractivity contribution in [1.82, 2.24) is 19.2 Å². The number of nitriles is 1. The fourth-order valence-electron chi connectivity index (χ4n) is 6.76. The Kier molecular flexibility index (Phi) is 7.61. The third-order valence-corrected chi connectivity index (χ3v) is 9.45. The van der Waals surface area contributed by atoms with E-state index in [1.165, 1.54) is 23.7 Å². The standard InChI is InChI=1S/C32H37F3N6O2/c1-20-22-9-8-10-24(26(22)33)32(34,35)16-21-17-40(18-21)13-6-4-3-5-7-14-41-27-23(28(37-20)38-39(2)30(27)43)15-25(29(41)42)31(19-36)11-12-31/h8-10,15,20-21H,3-7,11-14,16-18H2,1-2H3,(H,37,38)/t20-/m1/s1. The Balaban J connectivity index is 1.47. The number of alkyl halides is 2. The Morgan fingerprint density at radius 3 is 2.42 bits per heavy atom. The van der Waals surface area contributed by atoms with Crippen LogP contribution < -0.4 is 16.4 Å². The fourth-order valence-corrected chi connectivity index (χ4v) is 6.76. The number of halogens is 3. The van der Waals surface area contributed by atoms with E-state index >= 15 is 13.2 Å². The van der Waals surface area contributed by atoms with Crippen molar-refractivity contribution in [2.45, 2.75) is 82.2 Å². The molecule has 1 atom stereocenters. The van der Waals surface area contributed by atoms with E-state index in [4.69, 9.17) is 0 Å². The molecule has 0 unspecified atom stereocenters. The Morgan fingerprint density at radius 1 is 1.02 bits per heavy atom. The van der Waals surface area contributed by atoms with Gasteiger partial charge in [0.1, 0.15) is 11.3 Å². The first-order valence-corrected chi connectivity index (χ1v) is 15.3. The Bertz CT molecular complexity index is 1720. The van der Waals surface area contributed by atoms with Crippen molar-refractivity contribution in [3.63, 3.8) is 0 Å². The minimum absolute atomic E-state index is 0.0475. The molecule has 0 spiro atoms. The van der Waals surface area contributed by atoms with Gasteiger partial charge in [0.25, 0.3) is 17.0 Å². The fraction of sp³-hybridized carbons (Fsp3) is 0.562. The SMILES string of the molecule is C[C@H]1Nc2nn(C)c(=O)c3c2cc(C2(C#N)CC2)c(=O)n3CCCCCCCN2CC(C2)CC(F)(F)c2cccc1c2F. The van der Waals surface area contributed by atoms with E-state index in [2.05, 4.69) is 21.4 Å². The van der Waals surface area contributed by atoms with E-state index in [1.54, 1.807) is 13.0 Å². The van der Waals surface area contributed by atoms with Crippen LogP contribution in [0.4, 0.5) is 19.0 Å². The molecule has 43 heavy (non-hydrogen) atoms. The predicted octanol–water partition coefficient (Wildman–Crippen LogP) is 5.34. The third kappa shape index (κ3) is 5.35. The van der Waals surface area contributed by atoms with E-state index in [-0.39, 0.29) is 28.4 Å². The lowest BCUT2D eigenvalue weighted by Crippen LogP contribution is -2.48. The zero-order chi connectivity index (χ0) is 30.5. The molecule has 1 aromatic carbocycles. The minimum Gasteiger partial charge on any atom is -0.361 e. The summed E-state index contributed by atoms with van der Waals surface area (Å²) in [6, 6.07) is 7.13. The van der Waals surface area contributed by atoms with Crippen LogP contribution in [-0.4, -0.2) is 38.9 Å². The number of hydrogen-bond donors (Lipinski definition) is 1. The third-order valence-electron chi connectivity index (χ3n) is 9.45. The highest BCUT2D eigenvalue weighted by atomic mass is 19.3. The first-order chi connectivity index (χ1) is 20.5. The van der Waals surface area contributed by atoms with Crippen LogP contribution in [0.5, 0.6) is 0 Å². The van der Waals surface area contributed by atoms with Crippen molar-refractivity contribution < 1.29 is 13.2 Å². The maximum Gasteiger partial charge on any atom is 0.291 e. The molecular formula is C32H37F3N6O2. The van der Waals surface area contributed by atoms with Gasteiger partial charge in [-0.3, -0.25) is 9.59 Å². The largest absolute Gasteiger partial charge is 0.361 e. The summed E-state index contributed by atoms with van der Waals surface area (Å²) in [5.41, 5.74) is -1.81. The number of rotatable bonds is 1. The molecule has 5 heterocycles. The monoisotopic (exact) mass is 594 g/mol. The van der Waals surface area contributed by atoms with E-state index in [9.17, 15) is 14.9 Å². The lowest BCUT2D eigenvalue weighted by atomic mass is 9.88. The van der Waals surface area contributed by atoms with Gasteiger partial charge in [-0.25, -0.2) is 17.9 Å². The average Bonchev–Trinajstić information content (AvgIpc) is 3.74. The highest BCUT2D eigenvalue weighted by Crippen LogP contribution is 2.47. The molecule has 2 aromatic heterocycles. The maximum atomic E-state index is 15.8. The van der Waals surface area contributed by atoms with Crippen molar-refractivity contribution in [1.29, 1.82) is 5.26 Å². The summed E-state index contributed by atoms with van der Waals surface area (Å²) in [4.78, 5) is 29.4. The smallest absolute Gasteiger partial charge is 0.291 e. The lowest BCUT2D eigenvalue weighted by molar-refractivity contribution is -0.0592. The van der Waals surface area contributed by atoms with Crippen LogP contribution in [0.15, 0.2) is 33.9 Å². The number of benzene rings is 1. The van der Waals surface area contributed by atoms with E-state index in [0.29, 0.717) is 49.8 Å². The molecule has 11 heteroatoms. The number of nitrogens with one attached hydrogen (secondary N) is 1. The maximum absolute atomic E-state index is 15.8. The molecule has 0 radical (unpaired) electrons. The van der Waals surface area contributed by atoms with Gasteiger partial charge in [-0.2, -0.15) is 10.4 Å². The molecule has 1 aliphatic carbocycles. The summed E-state index contributed by atoms with van der Waals surface area (Å²) >= 11 is 0. The van der Waals surface area contributed by atoms with Gasteiger partial charge in [0.15, 0.2) is 5.82 Å². The van der Waals surface area contributed by atoms with Gasteiger partial charge in [-0.15, -0.1) is 0 Å². The van der Waals surface area contributed by atoms with Gasteiger partial charge in [-0.05, 0) is 51.1 Å². The molecule has 2 fully saturated rings. The van der Waals surface area contributed by atoms with Crippen molar-refractivity contribution >= 4 is 16.7 Å². The van der Waals surface area contributed by atoms with Crippen molar-refractivity contribution in [2.24, 2.45) is 13.0 Å². The second kappa shape index (κ2) is 11.1. The molecule has 0 amide bonds. The Labute approximate surface area is 248 Å². The van der Waals surface area contributed by atoms with Crippen molar-refractivity contribution in [3.05, 3.63) is 67.5 Å². The quantitative estimate of drug-likeness (QED) is 0.409. The van der Waals surface area contributed by atoms with Gasteiger partial charge in [-0.1, -0.05) is 37.5 Å². The summed E-state index contributed by atoms with van der Waals surface area (Å²) in [5, 5.41) is 17.9. The van der Waals surface area contributed by atoms with Gasteiger partial charge >= 0.3 is 0 Å². The molecule has 1 saturated carbocycles. The van der Waals surface area contributed by atoms with Gasteiger partial charge < -0.3 is 14.8 Å². The highest BCUT2D eigenvalue weighted by molar-refractivity contribution is 5.89. The van der Waals surface area contributed by atoms with Gasteiger partial charge in [0, 0.05) is 49.6 Å². The van der Waals surface area contributed by atoms with Crippen molar-refractivity contribution in [2.75, 3.05) is 25.0 Å². The number of pyridine rings is 1. The normalized spacial score (nSPS) is 25.2. The summed E-state index contributed by atoms with van der Waals surface area (Å²) in [7, 11) is 1.47. The van der Waals surface area contributed by atoms with Crippen LogP contribution in [0.3, 0.4) is 0 Å². The average molecular weight is 595 g/mol. The number of aryl methyl sites for hydroxylation is 2. The van der Waals surface area contributed by atoms with E-state index in [0.717, 1.165) is 43.0 Å². The zero-order valence-electron chi connectivity index (χ0n) is 24.6. The Hall–Kier alpha value is -3.65.